The first kappa shape index (κ1) is 20.6. The number of anilines is 2. The lowest BCUT2D eigenvalue weighted by molar-refractivity contribution is 0.226. The number of aliphatic hydroxyl groups is 1. The molecule has 3 aromatic rings. The molecule has 0 saturated carbocycles. The van der Waals surface area contributed by atoms with Crippen LogP contribution in [0.4, 0.5) is 10.7 Å². The summed E-state index contributed by atoms with van der Waals surface area (Å²) in [6.45, 7) is 3.79. The maximum absolute atomic E-state index is 10.1. The number of nitrogens with zero attached hydrogens (tertiary/aromatic N) is 1. The van der Waals surface area contributed by atoms with Crippen LogP contribution >= 0.6 is 11.5 Å². The van der Waals surface area contributed by atoms with Crippen molar-refractivity contribution in [1.82, 2.24) is 9.69 Å². The number of rotatable bonds is 8. The predicted molar refractivity (Wildman–Crippen MR) is 116 cm³/mol. The first-order valence-electron chi connectivity index (χ1n) is 9.23. The van der Waals surface area contributed by atoms with Crippen molar-refractivity contribution in [2.24, 2.45) is 5.92 Å². The Kier molecular flexibility index (Phi) is 6.69. The third-order valence-corrected chi connectivity index (χ3v) is 5.10. The van der Waals surface area contributed by atoms with Gasteiger partial charge in [-0.25, -0.2) is 0 Å². The zero-order valence-corrected chi connectivity index (χ0v) is 17.0. The molecule has 1 unspecified atom stereocenters. The quantitative estimate of drug-likeness (QED) is 0.278. The Hall–Kier alpha value is -3.10. The van der Waals surface area contributed by atoms with Gasteiger partial charge in [0.25, 0.3) is 0 Å². The first-order chi connectivity index (χ1) is 14.0. The van der Waals surface area contributed by atoms with Crippen molar-refractivity contribution in [3.63, 3.8) is 0 Å². The molecular formula is C21H24N4O3S. The van der Waals surface area contributed by atoms with E-state index < -0.39 is 0 Å². The lowest BCUT2D eigenvalue weighted by Gasteiger charge is -2.21. The Morgan fingerprint density at radius 3 is 2.38 bits per heavy atom. The third kappa shape index (κ3) is 5.24. The number of hydrogen-bond donors (Lipinski definition) is 5. The molecule has 0 bridgehead atoms. The van der Waals surface area contributed by atoms with Crippen LogP contribution < -0.4 is 15.4 Å². The second-order valence-corrected chi connectivity index (χ2v) is 7.60. The largest absolute Gasteiger partial charge is 0.492 e. The Morgan fingerprint density at radius 1 is 1.10 bits per heavy atom. The minimum Gasteiger partial charge on any atom is -0.492 e. The second kappa shape index (κ2) is 9.40. The summed E-state index contributed by atoms with van der Waals surface area (Å²) in [4.78, 5) is 0. The number of aromatic nitrogens is 1. The van der Waals surface area contributed by atoms with Crippen molar-refractivity contribution in [1.29, 1.82) is 5.41 Å². The molecule has 0 fully saturated rings. The molecule has 0 aliphatic heterocycles. The maximum Gasteiger partial charge on any atom is 0.236 e. The van der Waals surface area contributed by atoms with Crippen molar-refractivity contribution < 1.29 is 14.9 Å². The molecule has 152 valence electrons. The van der Waals surface area contributed by atoms with Crippen LogP contribution in [0.15, 0.2) is 54.6 Å². The lowest BCUT2D eigenvalue weighted by atomic mass is 10.1. The number of benzene rings is 2. The Labute approximate surface area is 173 Å². The maximum atomic E-state index is 10.1. The summed E-state index contributed by atoms with van der Waals surface area (Å²) >= 11 is 1.06. The predicted octanol–water partition coefficient (Wildman–Crippen LogP) is 4.32. The van der Waals surface area contributed by atoms with Crippen LogP contribution in [0, 0.1) is 11.3 Å². The van der Waals surface area contributed by atoms with Crippen LogP contribution in [0.25, 0.3) is 0 Å². The lowest BCUT2D eigenvalue weighted by Crippen LogP contribution is -2.41. The molecule has 0 saturated heterocycles. The fraction of sp³-hybridized carbons (Fsp3) is 0.238. The van der Waals surface area contributed by atoms with E-state index in [9.17, 15) is 10.2 Å². The van der Waals surface area contributed by atoms with Gasteiger partial charge in [-0.1, -0.05) is 32.0 Å². The SMILES string of the molecule is CC(C)C(CO)NC(=N)c1c(O)nsc1Nc1ccc(Oc2ccccc2)cc1. The van der Waals surface area contributed by atoms with Gasteiger partial charge >= 0.3 is 0 Å². The van der Waals surface area contributed by atoms with Crippen LogP contribution in [-0.4, -0.2) is 33.1 Å². The van der Waals surface area contributed by atoms with Crippen molar-refractivity contribution in [2.75, 3.05) is 11.9 Å². The van der Waals surface area contributed by atoms with E-state index in [1.165, 1.54) is 0 Å². The van der Waals surface area contributed by atoms with E-state index in [0.717, 1.165) is 23.0 Å². The average Bonchev–Trinajstić information content (AvgIpc) is 3.08. The number of hydrogen-bond acceptors (Lipinski definition) is 7. The first-order valence-corrected chi connectivity index (χ1v) is 10.00. The molecule has 8 heteroatoms. The fourth-order valence-electron chi connectivity index (χ4n) is 2.64. The van der Waals surface area contributed by atoms with Gasteiger partial charge in [-0.05, 0) is 53.8 Å². The molecule has 0 aliphatic carbocycles. The fourth-order valence-corrected chi connectivity index (χ4v) is 3.35. The number of nitrogens with one attached hydrogen (secondary N) is 3. The topological polar surface area (TPSA) is 110 Å². The number of aromatic hydroxyl groups is 1. The highest BCUT2D eigenvalue weighted by molar-refractivity contribution is 7.11. The standard InChI is InChI=1S/C21H24N4O3S/c1-13(2)17(12-26)24-19(22)18-20(27)25-29-21(18)23-14-8-10-16(11-9-14)28-15-6-4-3-5-7-15/h3-11,13,17,23,26H,12H2,1-2H3,(H2,22,24)(H,25,27). The van der Waals surface area contributed by atoms with E-state index >= 15 is 0 Å². The van der Waals surface area contributed by atoms with Crippen molar-refractivity contribution >= 4 is 28.1 Å². The van der Waals surface area contributed by atoms with Gasteiger partial charge in [-0.3, -0.25) is 5.41 Å². The van der Waals surface area contributed by atoms with Gasteiger partial charge in [0.05, 0.1) is 12.6 Å². The van der Waals surface area contributed by atoms with Gasteiger partial charge in [-0.2, -0.15) is 4.37 Å². The van der Waals surface area contributed by atoms with Gasteiger partial charge in [0, 0.05) is 5.69 Å². The molecule has 1 aromatic heterocycles. The molecule has 2 aromatic carbocycles. The average molecular weight is 413 g/mol. The molecule has 3 rings (SSSR count). The van der Waals surface area contributed by atoms with Crippen molar-refractivity contribution in [3.8, 4) is 17.4 Å². The van der Waals surface area contributed by atoms with Crippen molar-refractivity contribution in [2.45, 2.75) is 19.9 Å². The summed E-state index contributed by atoms with van der Waals surface area (Å²) in [5, 5.41) is 34.6. The highest BCUT2D eigenvalue weighted by Crippen LogP contribution is 2.33. The monoisotopic (exact) mass is 412 g/mol. The van der Waals surface area contributed by atoms with Gasteiger partial charge in [0.2, 0.25) is 5.88 Å². The van der Waals surface area contributed by atoms with Crippen LogP contribution in [0.2, 0.25) is 0 Å². The molecule has 29 heavy (non-hydrogen) atoms. The van der Waals surface area contributed by atoms with Crippen LogP contribution in [-0.2, 0) is 0 Å². The Bertz CT molecular complexity index is 942. The molecule has 0 spiro atoms. The molecule has 1 heterocycles. The van der Waals surface area contributed by atoms with Crippen LogP contribution in [0.1, 0.15) is 19.4 Å². The smallest absolute Gasteiger partial charge is 0.236 e. The van der Waals surface area contributed by atoms with Crippen LogP contribution in [0.3, 0.4) is 0 Å². The Morgan fingerprint density at radius 2 is 1.76 bits per heavy atom. The molecule has 7 nitrogen and oxygen atoms in total. The van der Waals surface area contributed by atoms with Gasteiger partial charge in [0.15, 0.2) is 0 Å². The normalized spacial score (nSPS) is 11.9. The second-order valence-electron chi connectivity index (χ2n) is 6.83. The zero-order valence-electron chi connectivity index (χ0n) is 16.2. The Balaban J connectivity index is 1.71. The molecule has 0 radical (unpaired) electrons. The summed E-state index contributed by atoms with van der Waals surface area (Å²) in [5.41, 5.74) is 1.05. The van der Waals surface area contributed by atoms with E-state index in [1.807, 2.05) is 68.4 Å². The number of amidine groups is 1. The summed E-state index contributed by atoms with van der Waals surface area (Å²) in [6.07, 6.45) is 0. The number of para-hydroxylation sites is 1. The molecule has 0 aliphatic rings. The van der Waals surface area contributed by atoms with E-state index in [-0.39, 0.29) is 35.8 Å². The van der Waals surface area contributed by atoms with Gasteiger partial charge in [-0.15, -0.1) is 0 Å². The summed E-state index contributed by atoms with van der Waals surface area (Å²) in [5.74, 6) is 1.37. The minimum absolute atomic E-state index is 0.00975. The van der Waals surface area contributed by atoms with Crippen molar-refractivity contribution in [3.05, 3.63) is 60.2 Å². The van der Waals surface area contributed by atoms with Crippen LogP contribution in [0.5, 0.6) is 17.4 Å². The minimum atomic E-state index is -0.288. The zero-order chi connectivity index (χ0) is 20.8. The highest BCUT2D eigenvalue weighted by Gasteiger charge is 2.21. The third-order valence-electron chi connectivity index (χ3n) is 4.35. The van der Waals surface area contributed by atoms with E-state index in [1.54, 1.807) is 0 Å². The molecular weight excluding hydrogens is 388 g/mol. The highest BCUT2D eigenvalue weighted by atomic mass is 32.1. The number of ether oxygens (including phenoxy) is 1. The van der Waals surface area contributed by atoms with E-state index in [2.05, 4.69) is 15.0 Å². The summed E-state index contributed by atoms with van der Waals surface area (Å²) in [6, 6.07) is 16.6. The van der Waals surface area contributed by atoms with E-state index in [0.29, 0.717) is 10.8 Å². The van der Waals surface area contributed by atoms with Gasteiger partial charge < -0.3 is 25.6 Å². The van der Waals surface area contributed by atoms with E-state index in [4.69, 9.17) is 10.1 Å². The molecule has 1 atom stereocenters. The molecule has 5 N–H and O–H groups in total. The molecule has 0 amide bonds. The number of aliphatic hydroxyl groups excluding tert-OH is 1. The summed E-state index contributed by atoms with van der Waals surface area (Å²) < 4.78 is 9.73. The van der Waals surface area contributed by atoms with Gasteiger partial charge in [0.1, 0.15) is 27.9 Å². The summed E-state index contributed by atoms with van der Waals surface area (Å²) in [7, 11) is 0.